The average Bonchev–Trinajstić information content (AvgIpc) is 3.79. The molecule has 0 amide bonds. The van der Waals surface area contributed by atoms with E-state index in [0.717, 1.165) is 42.7 Å². The normalized spacial score (nSPS) is 13.8. The highest BCUT2D eigenvalue weighted by Crippen LogP contribution is 2.43. The summed E-state index contributed by atoms with van der Waals surface area (Å²) in [6.45, 7) is 0. The van der Waals surface area contributed by atoms with Crippen molar-refractivity contribution in [2.24, 2.45) is 0 Å². The van der Waals surface area contributed by atoms with Crippen LogP contribution in [0.3, 0.4) is 0 Å². The Labute approximate surface area is 260 Å². The Morgan fingerprint density at radius 2 is 1.28 bits per heavy atom. The summed E-state index contributed by atoms with van der Waals surface area (Å²) in [4.78, 5) is 10.3. The van der Waals surface area contributed by atoms with Gasteiger partial charge in [-0.25, -0.2) is 9.97 Å². The molecule has 4 aromatic heterocycles. The zero-order valence-electron chi connectivity index (χ0n) is 27.4. The van der Waals surface area contributed by atoms with E-state index < -0.39 is 18.1 Å². The van der Waals surface area contributed by atoms with Gasteiger partial charge in [0, 0.05) is 52.0 Å². The van der Waals surface area contributed by atoms with Crippen molar-refractivity contribution >= 4 is 95.7 Å². The van der Waals surface area contributed by atoms with E-state index in [1.807, 2.05) is 36.4 Å². The summed E-state index contributed by atoms with van der Waals surface area (Å²) in [6.07, 6.45) is 0. The summed E-state index contributed by atoms with van der Waals surface area (Å²) in [5.74, 6) is 0.377. The van der Waals surface area contributed by atoms with Crippen molar-refractivity contribution in [2.45, 2.75) is 0 Å². The van der Waals surface area contributed by atoms with Crippen LogP contribution in [0.2, 0.25) is 0 Å². The average molecular weight is 589 g/mol. The lowest BCUT2D eigenvalue weighted by atomic mass is 10.0. The smallest absolute Gasteiger partial charge is 0.235 e. The molecule has 0 spiro atoms. The molecule has 6 aromatic carbocycles. The van der Waals surface area contributed by atoms with Gasteiger partial charge in [-0.2, -0.15) is 0 Å². The fourth-order valence-corrected chi connectivity index (χ4v) is 8.77. The van der Waals surface area contributed by atoms with Gasteiger partial charge < -0.3 is 0 Å². The summed E-state index contributed by atoms with van der Waals surface area (Å²) in [6, 6.07) is 31.7. The first-order chi connectivity index (χ1) is 23.4. The molecule has 3 nitrogen and oxygen atoms in total. The molecule has 0 fully saturated rings. The number of para-hydroxylation sites is 1. The molecular formula is C38H21N3S2. The summed E-state index contributed by atoms with van der Waals surface area (Å²) in [5.41, 5.74) is 2.92. The van der Waals surface area contributed by atoms with Crippen LogP contribution in [0.5, 0.6) is 0 Å². The van der Waals surface area contributed by atoms with Gasteiger partial charge in [-0.3, -0.25) is 4.57 Å². The van der Waals surface area contributed by atoms with E-state index in [2.05, 4.69) is 65.2 Å². The molecule has 0 aliphatic carbocycles. The Morgan fingerprint density at radius 1 is 0.558 bits per heavy atom. The third-order valence-corrected chi connectivity index (χ3v) is 10.7. The highest BCUT2D eigenvalue weighted by molar-refractivity contribution is 7.27. The summed E-state index contributed by atoms with van der Waals surface area (Å²) < 4.78 is 49.0. The van der Waals surface area contributed by atoms with Crippen LogP contribution in [-0.2, 0) is 0 Å². The van der Waals surface area contributed by atoms with Crippen molar-refractivity contribution in [3.8, 4) is 17.2 Å². The first-order valence-electron chi connectivity index (χ1n) is 16.4. The Kier molecular flexibility index (Phi) is 3.88. The molecule has 4 heterocycles. The number of aromatic nitrogens is 3. The first kappa shape index (κ1) is 19.2. The number of nitrogens with zero attached hydrogens (tertiary/aromatic N) is 3. The van der Waals surface area contributed by atoms with Crippen LogP contribution in [0, 0.1) is 0 Å². The van der Waals surface area contributed by atoms with Gasteiger partial charge in [0.15, 0.2) is 0 Å². The van der Waals surface area contributed by atoms with Crippen LogP contribution < -0.4 is 0 Å². The third kappa shape index (κ3) is 3.29. The van der Waals surface area contributed by atoms with Gasteiger partial charge in [0.2, 0.25) is 5.95 Å². The van der Waals surface area contributed by atoms with Gasteiger partial charge in [0.25, 0.3) is 0 Å². The van der Waals surface area contributed by atoms with Crippen molar-refractivity contribution < 1.29 is 6.85 Å². The zero-order valence-corrected chi connectivity index (χ0v) is 24.0. The van der Waals surface area contributed by atoms with Crippen LogP contribution in [-0.4, -0.2) is 14.5 Å². The monoisotopic (exact) mass is 588 g/mol. The fraction of sp³-hybridized carbons (Fsp3) is 0. The number of fused-ring (bicyclic) bond motifs is 11. The molecule has 0 radical (unpaired) electrons. The first-order valence-corrected chi connectivity index (χ1v) is 15.6. The number of benzene rings is 6. The number of rotatable bonds is 2. The number of hydrogen-bond donors (Lipinski definition) is 0. The third-order valence-electron chi connectivity index (χ3n) is 8.30. The second-order valence-electron chi connectivity index (χ2n) is 10.6. The van der Waals surface area contributed by atoms with Crippen molar-refractivity contribution in [2.75, 3.05) is 0 Å². The van der Waals surface area contributed by atoms with E-state index in [-0.39, 0.29) is 17.6 Å². The number of hydrogen-bond acceptors (Lipinski definition) is 4. The second-order valence-corrected chi connectivity index (χ2v) is 12.7. The van der Waals surface area contributed by atoms with Crippen LogP contribution >= 0.6 is 22.7 Å². The predicted molar refractivity (Wildman–Crippen MR) is 185 cm³/mol. The lowest BCUT2D eigenvalue weighted by Gasteiger charge is -2.10. The lowest BCUT2D eigenvalue weighted by molar-refractivity contribution is 1.02. The number of thiophene rings is 2. The standard InChI is InChI=1S/C38H21N3S2/c1-2-10-22(11-3-1)34-37-35(27-14-6-9-17-33(27)43-37)40-38(39-34)41-30-15-7-4-12-24(30)29-20-23-18-19-26-25-13-5-8-16-32(25)42-36(26)28(23)21-31(29)41/h1-21H/i1D,2D,3D,10D,11D. The molecule has 0 atom stereocenters. The van der Waals surface area contributed by atoms with Gasteiger partial charge in [-0.1, -0.05) is 96.9 Å². The Balaban J connectivity index is 1.37. The van der Waals surface area contributed by atoms with Gasteiger partial charge >= 0.3 is 0 Å². The second kappa shape index (κ2) is 8.71. The van der Waals surface area contributed by atoms with Crippen molar-refractivity contribution in [1.29, 1.82) is 0 Å². The summed E-state index contributed by atoms with van der Waals surface area (Å²) in [7, 11) is 0. The molecule has 0 aliphatic rings. The lowest BCUT2D eigenvalue weighted by Crippen LogP contribution is -2.02. The van der Waals surface area contributed by atoms with E-state index in [9.17, 15) is 0 Å². The van der Waals surface area contributed by atoms with Crippen molar-refractivity contribution in [1.82, 2.24) is 14.5 Å². The molecule has 0 saturated heterocycles. The van der Waals surface area contributed by atoms with Crippen LogP contribution in [0.4, 0.5) is 0 Å². The van der Waals surface area contributed by atoms with Gasteiger partial charge in [-0.15, -0.1) is 22.7 Å². The van der Waals surface area contributed by atoms with E-state index in [1.165, 1.54) is 31.5 Å². The maximum atomic E-state index is 8.87. The van der Waals surface area contributed by atoms with E-state index in [1.54, 1.807) is 11.3 Å². The van der Waals surface area contributed by atoms with Gasteiger partial charge in [0.1, 0.15) is 0 Å². The van der Waals surface area contributed by atoms with E-state index in [4.69, 9.17) is 16.8 Å². The molecule has 0 N–H and O–H groups in total. The molecule has 43 heavy (non-hydrogen) atoms. The Morgan fingerprint density at radius 3 is 2.14 bits per heavy atom. The van der Waals surface area contributed by atoms with Crippen LogP contribution in [0.1, 0.15) is 6.85 Å². The molecule has 5 heteroatoms. The maximum Gasteiger partial charge on any atom is 0.235 e. The molecule has 10 aromatic rings. The molecular weight excluding hydrogens is 563 g/mol. The van der Waals surface area contributed by atoms with Gasteiger partial charge in [-0.05, 0) is 35.7 Å². The molecule has 200 valence electrons. The predicted octanol–water partition coefficient (Wildman–Crippen LogP) is 11.1. The maximum absolute atomic E-state index is 8.87. The molecule has 0 saturated carbocycles. The Hall–Kier alpha value is -5.10. The van der Waals surface area contributed by atoms with Crippen LogP contribution in [0.25, 0.3) is 90.3 Å². The summed E-state index contributed by atoms with van der Waals surface area (Å²) >= 11 is 3.25. The van der Waals surface area contributed by atoms with E-state index >= 15 is 0 Å². The molecule has 0 unspecified atom stereocenters. The largest absolute Gasteiger partial charge is 0.278 e. The van der Waals surface area contributed by atoms with Crippen LogP contribution in [0.15, 0.2) is 127 Å². The fourth-order valence-electron chi connectivity index (χ4n) is 6.40. The molecule has 0 bridgehead atoms. The van der Waals surface area contributed by atoms with E-state index in [0.29, 0.717) is 21.9 Å². The highest BCUT2D eigenvalue weighted by atomic mass is 32.1. The quantitative estimate of drug-likeness (QED) is 0.201. The minimum Gasteiger partial charge on any atom is -0.278 e. The van der Waals surface area contributed by atoms with Crippen molar-refractivity contribution in [3.63, 3.8) is 0 Å². The Bertz CT molecular complexity index is 3000. The SMILES string of the molecule is [2H]c1c([2H])c([2H])c(-c2nc(-n3c4ccccc4c4cc5ccc6c7ccccc7sc6c5cc43)nc3c2sc2ccccc23)c([2H])c1[2H]. The highest BCUT2D eigenvalue weighted by Gasteiger charge is 2.20. The zero-order chi connectivity index (χ0) is 32.4. The van der Waals surface area contributed by atoms with Gasteiger partial charge in [0.05, 0.1) is 33.8 Å². The van der Waals surface area contributed by atoms with Crippen molar-refractivity contribution in [3.05, 3.63) is 127 Å². The topological polar surface area (TPSA) is 30.7 Å². The minimum absolute atomic E-state index is 0.0689. The molecule has 0 aliphatic heterocycles. The molecule has 10 rings (SSSR count). The minimum atomic E-state index is -0.433. The summed E-state index contributed by atoms with van der Waals surface area (Å²) in [5, 5.41) is 7.77.